The molecular weight excluding hydrogens is 581 g/mol. The van der Waals surface area contributed by atoms with Crippen LogP contribution in [0.15, 0.2) is 50.2 Å². The molecule has 0 unspecified atom stereocenters. The van der Waals surface area contributed by atoms with Crippen molar-refractivity contribution < 1.29 is 28.2 Å². The summed E-state index contributed by atoms with van der Waals surface area (Å²) in [5.41, 5.74) is 1.04. The van der Waals surface area contributed by atoms with E-state index in [0.29, 0.717) is 32.2 Å². The van der Waals surface area contributed by atoms with Crippen LogP contribution in [0.2, 0.25) is 0 Å². The second-order valence-electron chi connectivity index (χ2n) is 7.17. The highest BCUT2D eigenvalue weighted by Gasteiger charge is 2.37. The van der Waals surface area contributed by atoms with E-state index < -0.39 is 23.7 Å². The molecule has 1 aliphatic heterocycles. The van der Waals surface area contributed by atoms with Crippen LogP contribution in [-0.2, 0) is 20.9 Å². The Balaban J connectivity index is 1.72. The van der Waals surface area contributed by atoms with Crippen molar-refractivity contribution in [1.82, 2.24) is 4.90 Å². The maximum atomic E-state index is 13.8. The molecule has 0 radical (unpaired) electrons. The van der Waals surface area contributed by atoms with Gasteiger partial charge in [-0.25, -0.2) is 4.39 Å². The Morgan fingerprint density at radius 2 is 1.88 bits per heavy atom. The third-order valence-corrected chi connectivity index (χ3v) is 6.80. The van der Waals surface area contributed by atoms with Gasteiger partial charge in [0, 0.05) is 5.56 Å². The summed E-state index contributed by atoms with van der Waals surface area (Å²) in [4.78, 5) is 38.0. The monoisotopic (exact) mass is 599 g/mol. The van der Waals surface area contributed by atoms with Crippen LogP contribution in [0.4, 0.5) is 9.18 Å². The van der Waals surface area contributed by atoms with Gasteiger partial charge in [-0.3, -0.25) is 19.3 Å². The Morgan fingerprint density at radius 1 is 1.21 bits per heavy atom. The van der Waals surface area contributed by atoms with Gasteiger partial charge in [-0.15, -0.1) is 0 Å². The van der Waals surface area contributed by atoms with Gasteiger partial charge in [0.05, 0.1) is 20.0 Å². The first-order chi connectivity index (χ1) is 15.7. The minimum absolute atomic E-state index is 0.0366. The smallest absolute Gasteiger partial charge is 0.326 e. The predicted molar refractivity (Wildman–Crippen MR) is 131 cm³/mol. The fourth-order valence-corrected chi connectivity index (χ4v) is 5.12. The van der Waals surface area contributed by atoms with Gasteiger partial charge in [-0.1, -0.05) is 25.1 Å². The zero-order valence-electron chi connectivity index (χ0n) is 17.8. The van der Waals surface area contributed by atoms with Crippen molar-refractivity contribution in [2.24, 2.45) is 0 Å². The van der Waals surface area contributed by atoms with Crippen molar-refractivity contribution in [1.29, 1.82) is 0 Å². The van der Waals surface area contributed by atoms with Crippen molar-refractivity contribution in [3.8, 4) is 5.75 Å². The summed E-state index contributed by atoms with van der Waals surface area (Å²) in [6.45, 7) is 3.22. The normalized spacial score (nSPS) is 15.8. The fraction of sp³-hybridized carbons (Fsp3) is 0.261. The maximum Gasteiger partial charge on any atom is 0.326 e. The number of hydrogen-bond donors (Lipinski definition) is 0. The summed E-state index contributed by atoms with van der Waals surface area (Å²) in [6.07, 6.45) is 1.90. The largest absolute Gasteiger partial charge is 0.486 e. The van der Waals surface area contributed by atoms with Crippen LogP contribution in [0.5, 0.6) is 5.75 Å². The Labute approximate surface area is 211 Å². The highest BCUT2D eigenvalue weighted by atomic mass is 79.9. The molecule has 1 heterocycles. The highest BCUT2D eigenvalue weighted by molar-refractivity contribution is 9.11. The summed E-state index contributed by atoms with van der Waals surface area (Å²) in [5.74, 6) is -1.07. The number of halogens is 3. The summed E-state index contributed by atoms with van der Waals surface area (Å²) >= 11 is 7.62. The second kappa shape index (κ2) is 11.3. The van der Waals surface area contributed by atoms with Gasteiger partial charge in [0.2, 0.25) is 0 Å². The SMILES string of the molecule is CC[C@@H](C)OC(=O)CN1C(=O)S/C(=C/c2cc(Br)c(OCc3ccccc3F)c(Br)c2)C1=O. The maximum absolute atomic E-state index is 13.8. The number of esters is 1. The first-order valence-electron chi connectivity index (χ1n) is 9.99. The summed E-state index contributed by atoms with van der Waals surface area (Å²) in [5, 5.41) is -0.532. The lowest BCUT2D eigenvalue weighted by Crippen LogP contribution is -2.35. The highest BCUT2D eigenvalue weighted by Crippen LogP contribution is 2.38. The Bertz CT molecular complexity index is 1100. The predicted octanol–water partition coefficient (Wildman–Crippen LogP) is 6.31. The lowest BCUT2D eigenvalue weighted by atomic mass is 10.2. The van der Waals surface area contributed by atoms with Gasteiger partial charge in [-0.2, -0.15) is 0 Å². The zero-order valence-corrected chi connectivity index (χ0v) is 21.8. The van der Waals surface area contributed by atoms with E-state index in [1.165, 1.54) is 6.07 Å². The number of carbonyl (C=O) groups is 3. The zero-order chi connectivity index (χ0) is 24.1. The van der Waals surface area contributed by atoms with Crippen LogP contribution in [0, 0.1) is 5.82 Å². The molecule has 0 aromatic heterocycles. The molecule has 0 N–H and O–H groups in total. The van der Waals surface area contributed by atoms with E-state index in [4.69, 9.17) is 9.47 Å². The number of imide groups is 1. The molecule has 0 bridgehead atoms. The number of thioether (sulfide) groups is 1. The molecule has 0 aliphatic carbocycles. The molecule has 1 saturated heterocycles. The van der Waals surface area contributed by atoms with Gasteiger partial charge in [-0.05, 0) is 86.8 Å². The Morgan fingerprint density at radius 3 is 2.52 bits per heavy atom. The molecule has 6 nitrogen and oxygen atoms in total. The quantitative estimate of drug-likeness (QED) is 0.261. The van der Waals surface area contributed by atoms with E-state index in [0.717, 1.165) is 16.7 Å². The molecule has 2 aromatic carbocycles. The van der Waals surface area contributed by atoms with Gasteiger partial charge in [0.15, 0.2) is 0 Å². The van der Waals surface area contributed by atoms with Crippen molar-refractivity contribution in [3.05, 3.63) is 67.2 Å². The number of ether oxygens (including phenoxy) is 2. The first kappa shape index (κ1) is 25.5. The topological polar surface area (TPSA) is 72.9 Å². The van der Waals surface area contributed by atoms with Gasteiger partial charge in [0.1, 0.15) is 24.7 Å². The average Bonchev–Trinajstić information content (AvgIpc) is 3.01. The number of rotatable bonds is 8. The Kier molecular flexibility index (Phi) is 8.72. The Hall–Kier alpha value is -2.17. The number of carbonyl (C=O) groups excluding carboxylic acids is 3. The van der Waals surface area contributed by atoms with E-state index in [1.807, 2.05) is 6.92 Å². The van der Waals surface area contributed by atoms with Gasteiger partial charge >= 0.3 is 5.97 Å². The van der Waals surface area contributed by atoms with Crippen LogP contribution in [-0.4, -0.2) is 34.7 Å². The molecule has 0 saturated carbocycles. The number of nitrogens with zero attached hydrogens (tertiary/aromatic N) is 1. The lowest BCUT2D eigenvalue weighted by molar-refractivity contribution is -0.150. The van der Waals surface area contributed by atoms with Crippen LogP contribution in [0.1, 0.15) is 31.4 Å². The molecule has 1 aliphatic rings. The average molecular weight is 601 g/mol. The van der Waals surface area contributed by atoms with Crippen LogP contribution in [0.3, 0.4) is 0 Å². The molecule has 174 valence electrons. The van der Waals surface area contributed by atoms with Crippen LogP contribution >= 0.6 is 43.6 Å². The summed E-state index contributed by atoms with van der Waals surface area (Å²) < 4.78 is 25.9. The van der Waals surface area contributed by atoms with E-state index >= 15 is 0 Å². The molecule has 1 fully saturated rings. The van der Waals surface area contributed by atoms with E-state index in [-0.39, 0.29) is 23.4 Å². The second-order valence-corrected chi connectivity index (χ2v) is 9.87. The molecule has 33 heavy (non-hydrogen) atoms. The molecule has 3 rings (SSSR count). The van der Waals surface area contributed by atoms with E-state index in [1.54, 1.807) is 43.3 Å². The van der Waals surface area contributed by atoms with Crippen LogP contribution in [0.25, 0.3) is 6.08 Å². The number of amides is 2. The molecule has 2 aromatic rings. The lowest BCUT2D eigenvalue weighted by Gasteiger charge is -2.15. The van der Waals surface area contributed by atoms with Crippen LogP contribution < -0.4 is 4.74 Å². The summed E-state index contributed by atoms with van der Waals surface area (Å²) in [6, 6.07) is 9.77. The van der Waals surface area contributed by atoms with Crippen molar-refractivity contribution in [2.45, 2.75) is 33.0 Å². The van der Waals surface area contributed by atoms with Crippen molar-refractivity contribution in [3.63, 3.8) is 0 Å². The molecule has 0 spiro atoms. The minimum atomic E-state index is -0.630. The summed E-state index contributed by atoms with van der Waals surface area (Å²) in [7, 11) is 0. The molecule has 1 atom stereocenters. The fourth-order valence-electron chi connectivity index (χ4n) is 2.83. The number of hydrogen-bond acceptors (Lipinski definition) is 6. The van der Waals surface area contributed by atoms with E-state index in [2.05, 4.69) is 31.9 Å². The van der Waals surface area contributed by atoms with Gasteiger partial charge in [0.25, 0.3) is 11.1 Å². The third-order valence-electron chi connectivity index (χ3n) is 4.72. The standard InChI is InChI=1S/C23H20Br2FNO5S/c1-3-13(2)32-20(28)11-27-22(29)19(33-23(27)30)10-14-8-16(24)21(17(25)9-14)31-12-15-6-4-5-7-18(15)26/h4-10,13H,3,11-12H2,1-2H3/b19-10+/t13-/m1/s1. The third kappa shape index (κ3) is 6.45. The van der Waals surface area contributed by atoms with Crippen molar-refractivity contribution in [2.75, 3.05) is 6.54 Å². The van der Waals surface area contributed by atoms with Crippen molar-refractivity contribution >= 4 is 66.8 Å². The molecule has 2 amide bonds. The first-order valence-corrected chi connectivity index (χ1v) is 12.4. The molecular formula is C23H20Br2FNO5S. The van der Waals surface area contributed by atoms with Gasteiger partial charge < -0.3 is 9.47 Å². The number of benzene rings is 2. The molecule has 10 heteroatoms. The minimum Gasteiger partial charge on any atom is -0.486 e. The van der Waals surface area contributed by atoms with E-state index in [9.17, 15) is 18.8 Å².